The Kier molecular flexibility index (Phi) is 16.7. The number of nitrogens with one attached hydrogen (secondary N) is 3. The lowest BCUT2D eigenvalue weighted by atomic mass is 9.59. The molecule has 7 aliphatic rings. The largest absolute Gasteiger partial charge is 0.493 e. The topological polar surface area (TPSA) is 243 Å². The van der Waals surface area contributed by atoms with E-state index in [1.165, 1.54) is 17.7 Å². The first-order chi connectivity index (χ1) is 42.5. The normalized spacial score (nSPS) is 24.3. The molecule has 3 aromatic carbocycles. The minimum absolute atomic E-state index is 0.0235. The predicted octanol–water partition coefficient (Wildman–Crippen LogP) is 8.97. The van der Waals surface area contributed by atoms with E-state index in [9.17, 15) is 28.4 Å². The molecule has 6 aromatic rings. The van der Waals surface area contributed by atoms with Gasteiger partial charge in [0.15, 0.2) is 11.6 Å². The molecule has 0 radical (unpaired) electrons. The van der Waals surface area contributed by atoms with Crippen LogP contribution in [0, 0.1) is 21.4 Å². The Hall–Kier alpha value is -7.28. The summed E-state index contributed by atoms with van der Waals surface area (Å²) in [5.74, 6) is 2.21. The van der Waals surface area contributed by atoms with Crippen LogP contribution in [0.15, 0.2) is 96.2 Å². The van der Waals surface area contributed by atoms with E-state index in [-0.39, 0.29) is 47.4 Å². The number of nitro groups is 1. The number of nitrogens with zero attached hydrogens (tertiary/aromatic N) is 8. The molecule has 5 aliphatic heterocycles. The number of sulfonamides is 1. The first-order valence-corrected chi connectivity index (χ1v) is 32.8. The molecule has 1 spiro atoms. The summed E-state index contributed by atoms with van der Waals surface area (Å²) in [7, 11) is -2.94. The van der Waals surface area contributed by atoms with Crippen molar-refractivity contribution in [1.29, 1.82) is 0 Å². The maximum Gasteiger partial charge on any atom is 0.293 e. The van der Waals surface area contributed by atoms with Gasteiger partial charge in [0, 0.05) is 107 Å². The third kappa shape index (κ3) is 12.3. The number of hydrogen-bond donors (Lipinski definition) is 4. The SMILES string of the molecule is COc1cc(CN2CCN(C3CC4(CCN(c5ccc(C(=O)NS(=O)(=O)c6ccc(NC[C@H]7CC[C@](C)(O)CC7)c([N+](=O)[O-])c6)c(N6c7cc8cc[nH]c8nc7O[C@H]7COCC[C@@H]76)c5)CC4)C3)[C@@H](c3ccccc3OC(C)C)C2)cnc1N1CCOCC1. The van der Waals surface area contributed by atoms with Gasteiger partial charge in [-0.3, -0.25) is 24.7 Å². The van der Waals surface area contributed by atoms with Crippen LogP contribution in [-0.4, -0.2) is 165 Å². The van der Waals surface area contributed by atoms with Crippen LogP contribution in [-0.2, 0) is 26.0 Å². The van der Waals surface area contributed by atoms with E-state index in [1.807, 2.05) is 43.6 Å². The molecule has 88 heavy (non-hydrogen) atoms. The summed E-state index contributed by atoms with van der Waals surface area (Å²) in [6.07, 6.45) is 10.8. The van der Waals surface area contributed by atoms with Crippen LogP contribution >= 0.6 is 0 Å². The number of anilines is 5. The second-order valence-electron chi connectivity index (χ2n) is 25.8. The van der Waals surface area contributed by atoms with Crippen molar-refractivity contribution in [3.63, 3.8) is 0 Å². The first kappa shape index (κ1) is 59.7. The maximum atomic E-state index is 14.9. The van der Waals surface area contributed by atoms with Gasteiger partial charge in [-0.05, 0) is 150 Å². The van der Waals surface area contributed by atoms with Gasteiger partial charge in [0.05, 0.1) is 71.8 Å². The van der Waals surface area contributed by atoms with Gasteiger partial charge in [-0.1, -0.05) is 18.2 Å². The molecular weight excluding hydrogens is 1140 g/mol. The number of aliphatic hydroxyl groups is 1. The number of ether oxygens (including phenoxy) is 5. The molecule has 6 fully saturated rings. The summed E-state index contributed by atoms with van der Waals surface area (Å²) < 4.78 is 61.5. The molecule has 8 heterocycles. The highest BCUT2D eigenvalue weighted by Gasteiger charge is 2.51. The number of morpholine rings is 1. The van der Waals surface area contributed by atoms with Crippen LogP contribution < -0.4 is 38.9 Å². The van der Waals surface area contributed by atoms with E-state index >= 15 is 0 Å². The molecule has 2 aliphatic carbocycles. The molecule has 23 heteroatoms. The van der Waals surface area contributed by atoms with Gasteiger partial charge in [-0.25, -0.2) is 18.1 Å². The monoisotopic (exact) mass is 1220 g/mol. The van der Waals surface area contributed by atoms with Crippen LogP contribution in [0.4, 0.5) is 34.3 Å². The second kappa shape index (κ2) is 24.6. The minimum Gasteiger partial charge on any atom is -0.493 e. The fourth-order valence-electron chi connectivity index (χ4n) is 14.7. The number of piperazine rings is 1. The number of carbonyl (C=O) groups is 1. The van der Waals surface area contributed by atoms with Crippen LogP contribution in [0.1, 0.15) is 106 Å². The summed E-state index contributed by atoms with van der Waals surface area (Å²) >= 11 is 0. The number of hydrogen-bond acceptors (Lipinski definition) is 19. The number of aromatic amines is 1. The highest BCUT2D eigenvalue weighted by molar-refractivity contribution is 7.90. The van der Waals surface area contributed by atoms with E-state index in [4.69, 9.17) is 33.7 Å². The Labute approximate surface area is 514 Å². The van der Waals surface area contributed by atoms with E-state index in [0.29, 0.717) is 74.6 Å². The summed E-state index contributed by atoms with van der Waals surface area (Å²) in [5.41, 5.74) is 4.23. The molecule has 4 N–H and O–H groups in total. The zero-order valence-corrected chi connectivity index (χ0v) is 51.5. The summed E-state index contributed by atoms with van der Waals surface area (Å²) in [4.78, 5) is 51.3. The van der Waals surface area contributed by atoms with Crippen LogP contribution in [0.3, 0.4) is 0 Å². The number of carbonyl (C=O) groups excluding carboxylic acids is 1. The molecule has 4 saturated heterocycles. The maximum absolute atomic E-state index is 14.9. The van der Waals surface area contributed by atoms with Crippen molar-refractivity contribution in [3.8, 4) is 17.4 Å². The third-order valence-corrected chi connectivity index (χ3v) is 20.9. The van der Waals surface area contributed by atoms with Gasteiger partial charge in [0.2, 0.25) is 5.88 Å². The molecular formula is C65H81N11O11S. The highest BCUT2D eigenvalue weighted by Crippen LogP contribution is 2.54. The number of amides is 1. The van der Waals surface area contributed by atoms with Crippen molar-refractivity contribution in [2.75, 3.05) is 106 Å². The average molecular weight is 1220 g/mol. The quantitative estimate of drug-likeness (QED) is 0.0492. The lowest BCUT2D eigenvalue weighted by Gasteiger charge is -2.58. The number of methoxy groups -OCH3 is 1. The molecule has 2 saturated carbocycles. The van der Waals surface area contributed by atoms with E-state index in [2.05, 4.69) is 83.7 Å². The van der Waals surface area contributed by atoms with Crippen molar-refractivity contribution in [2.24, 2.45) is 11.3 Å². The molecule has 0 bridgehead atoms. The van der Waals surface area contributed by atoms with Crippen molar-refractivity contribution >= 4 is 61.2 Å². The number of aromatic nitrogens is 3. The Morgan fingerprint density at radius 2 is 1.69 bits per heavy atom. The Morgan fingerprint density at radius 1 is 0.898 bits per heavy atom. The number of nitro benzene ring substituents is 1. The summed E-state index contributed by atoms with van der Waals surface area (Å²) in [6.45, 7) is 15.0. The molecule has 0 unspecified atom stereocenters. The van der Waals surface area contributed by atoms with E-state index in [1.54, 1.807) is 13.2 Å². The number of H-pyrrole nitrogens is 1. The number of fused-ring (bicyclic) bond motifs is 3. The zero-order valence-electron chi connectivity index (χ0n) is 50.7. The molecule has 22 nitrogen and oxygen atoms in total. The van der Waals surface area contributed by atoms with Crippen molar-refractivity contribution in [2.45, 2.75) is 126 Å². The summed E-state index contributed by atoms with van der Waals surface area (Å²) in [5, 5.41) is 26.9. The predicted molar refractivity (Wildman–Crippen MR) is 335 cm³/mol. The Morgan fingerprint density at radius 3 is 2.47 bits per heavy atom. The number of benzene rings is 3. The van der Waals surface area contributed by atoms with Crippen molar-refractivity contribution in [3.05, 3.63) is 118 Å². The zero-order chi connectivity index (χ0) is 60.9. The molecule has 3 atom stereocenters. The molecule has 13 rings (SSSR count). The van der Waals surface area contributed by atoms with Crippen molar-refractivity contribution < 1.29 is 46.9 Å². The minimum atomic E-state index is -4.66. The first-order valence-electron chi connectivity index (χ1n) is 31.3. The van der Waals surface area contributed by atoms with Gasteiger partial charge in [-0.2, -0.15) is 4.98 Å². The molecule has 468 valence electrons. The van der Waals surface area contributed by atoms with Crippen LogP contribution in [0.2, 0.25) is 0 Å². The Bertz CT molecular complexity index is 3650. The number of piperidine rings is 1. The van der Waals surface area contributed by atoms with Gasteiger partial charge in [0.1, 0.15) is 28.9 Å². The number of rotatable bonds is 17. The fourth-order valence-corrected chi connectivity index (χ4v) is 15.7. The summed E-state index contributed by atoms with van der Waals surface area (Å²) in [6, 6.07) is 24.0. The second-order valence-corrected chi connectivity index (χ2v) is 27.5. The standard InChI is InChI=1S/C65H81N11O11S/c1-42(2)86-57-8-6-5-7-49(57)56-40-71(39-44-31-58(83-4)61(68-38-44)73-26-29-84-30-27-73)24-25-74(56)47-35-65(36-47)19-22-72(23-20-65)46-9-11-50(53(33-46)75-52-16-28-85-41-59(52)87-63-55(75)32-45-15-21-66-60(45)69-63)62(77)70-88(81,82)48-10-12-51(54(34-48)76(79)80)67-37-43-13-17-64(3,78)18-14-43/h5-12,15,21,31-34,38,42-43,47,52,56,59,67,78H,13-14,16-20,22-30,35-37,39-41H2,1-4H3,(H,66,69)(H,70,77)/t43-,52-,56+,59-,64-/m0/s1. The lowest BCUT2D eigenvalue weighted by Crippen LogP contribution is -2.59. The van der Waals surface area contributed by atoms with Crippen LogP contribution in [0.25, 0.3) is 11.0 Å². The third-order valence-electron chi connectivity index (χ3n) is 19.5. The lowest BCUT2D eigenvalue weighted by molar-refractivity contribution is -0.384. The van der Waals surface area contributed by atoms with Crippen molar-refractivity contribution in [1.82, 2.24) is 29.5 Å². The van der Waals surface area contributed by atoms with Gasteiger partial charge in [0.25, 0.3) is 21.6 Å². The van der Waals surface area contributed by atoms with Gasteiger partial charge >= 0.3 is 0 Å². The van der Waals surface area contributed by atoms with E-state index in [0.717, 1.165) is 131 Å². The van der Waals surface area contributed by atoms with Gasteiger partial charge in [-0.15, -0.1) is 0 Å². The van der Waals surface area contributed by atoms with E-state index < -0.39 is 43.1 Å². The number of para-hydroxylation sites is 1. The highest BCUT2D eigenvalue weighted by atomic mass is 32.2. The molecule has 3 aromatic heterocycles. The smallest absolute Gasteiger partial charge is 0.293 e. The fraction of sp³-hybridized carbons (Fsp3) is 0.523. The molecule has 1 amide bonds. The number of pyridine rings is 2. The van der Waals surface area contributed by atoms with Crippen LogP contribution in [0.5, 0.6) is 17.4 Å². The Balaban J connectivity index is 0.745. The van der Waals surface area contributed by atoms with Gasteiger partial charge < -0.3 is 53.8 Å². The average Bonchev–Trinajstić information content (AvgIpc) is 0.974.